The molecule has 0 fully saturated rings. The smallest absolute Gasteiger partial charge is 0.145 e. The maximum absolute atomic E-state index is 13.5. The van der Waals surface area contributed by atoms with Gasteiger partial charge in [0.2, 0.25) is 0 Å². The van der Waals surface area contributed by atoms with E-state index in [2.05, 4.69) is 15.9 Å². The molecule has 1 aromatic rings. The van der Waals surface area contributed by atoms with E-state index in [9.17, 15) is 8.78 Å². The summed E-state index contributed by atoms with van der Waals surface area (Å²) in [6, 6.07) is 1.93. The number of rotatable bonds is 2. The highest BCUT2D eigenvalue weighted by Gasteiger charge is 2.21. The third-order valence-corrected chi connectivity index (χ3v) is 2.74. The van der Waals surface area contributed by atoms with E-state index in [1.807, 2.05) is 13.8 Å². The van der Waals surface area contributed by atoms with Crippen molar-refractivity contribution in [1.82, 2.24) is 0 Å². The average Bonchev–Trinajstić information content (AvgIpc) is 2.12. The van der Waals surface area contributed by atoms with Gasteiger partial charge in [-0.3, -0.25) is 0 Å². The summed E-state index contributed by atoms with van der Waals surface area (Å²) in [5.41, 5.74) is 5.66. The van der Waals surface area contributed by atoms with Crippen molar-refractivity contribution in [3.8, 4) is 0 Å². The number of hydrogen-bond donors (Lipinski definition) is 1. The maximum atomic E-state index is 13.5. The van der Waals surface area contributed by atoms with Crippen LogP contribution < -0.4 is 5.73 Å². The topological polar surface area (TPSA) is 26.0 Å². The first kappa shape index (κ1) is 11.6. The predicted octanol–water partition coefficient (Wildman–Crippen LogP) is 3.38. The molecule has 78 valence electrons. The molecule has 0 saturated carbocycles. The molecular formula is C10H12BrF2N. The Morgan fingerprint density at radius 1 is 1.29 bits per heavy atom. The van der Waals surface area contributed by atoms with Crippen LogP contribution in [0.4, 0.5) is 8.78 Å². The Hall–Kier alpha value is -0.480. The molecular weight excluding hydrogens is 252 g/mol. The second-order valence-corrected chi connectivity index (χ2v) is 4.38. The summed E-state index contributed by atoms with van der Waals surface area (Å²) in [5.74, 6) is -1.20. The molecule has 1 atom stereocenters. The van der Waals surface area contributed by atoms with Gasteiger partial charge in [0.25, 0.3) is 0 Å². The van der Waals surface area contributed by atoms with Crippen molar-refractivity contribution in [2.75, 3.05) is 0 Å². The van der Waals surface area contributed by atoms with Crippen molar-refractivity contribution in [3.63, 3.8) is 0 Å². The summed E-state index contributed by atoms with van der Waals surface area (Å²) in [7, 11) is 0. The molecule has 0 aromatic heterocycles. The Balaban J connectivity index is 3.25. The molecule has 0 heterocycles. The molecule has 0 spiro atoms. The van der Waals surface area contributed by atoms with E-state index in [1.54, 1.807) is 0 Å². The second-order valence-electron chi connectivity index (χ2n) is 3.53. The first-order valence-corrected chi connectivity index (χ1v) is 5.13. The van der Waals surface area contributed by atoms with Crippen LogP contribution in [0.5, 0.6) is 0 Å². The van der Waals surface area contributed by atoms with Crippen LogP contribution in [0, 0.1) is 17.6 Å². The monoisotopic (exact) mass is 263 g/mol. The van der Waals surface area contributed by atoms with E-state index in [0.29, 0.717) is 0 Å². The summed E-state index contributed by atoms with van der Waals surface area (Å²) < 4.78 is 27.0. The van der Waals surface area contributed by atoms with Crippen LogP contribution in [-0.2, 0) is 0 Å². The molecule has 0 amide bonds. The summed E-state index contributed by atoms with van der Waals surface area (Å²) in [4.78, 5) is 0. The molecule has 2 N–H and O–H groups in total. The van der Waals surface area contributed by atoms with Gasteiger partial charge >= 0.3 is 0 Å². The molecule has 4 heteroatoms. The predicted molar refractivity (Wildman–Crippen MR) is 55.8 cm³/mol. The molecule has 0 bridgehead atoms. The summed E-state index contributed by atoms with van der Waals surface area (Å²) in [6.45, 7) is 3.65. The van der Waals surface area contributed by atoms with Crippen molar-refractivity contribution >= 4 is 15.9 Å². The van der Waals surface area contributed by atoms with Gasteiger partial charge in [0.15, 0.2) is 0 Å². The van der Waals surface area contributed by atoms with Gasteiger partial charge in [-0.1, -0.05) is 13.8 Å². The van der Waals surface area contributed by atoms with E-state index in [-0.39, 0.29) is 16.0 Å². The standard InChI is InChI=1S/C10H12BrF2N/c1-5(2)10(14)8-7(12)4-3-6(11)9(8)13/h3-5,10H,14H2,1-2H3. The molecule has 0 radical (unpaired) electrons. The van der Waals surface area contributed by atoms with Crippen molar-refractivity contribution in [2.24, 2.45) is 11.7 Å². The van der Waals surface area contributed by atoms with Gasteiger partial charge in [-0.05, 0) is 34.0 Å². The van der Waals surface area contributed by atoms with Crippen LogP contribution in [0.15, 0.2) is 16.6 Å². The second kappa shape index (κ2) is 4.36. The molecule has 1 unspecified atom stereocenters. The lowest BCUT2D eigenvalue weighted by Crippen LogP contribution is -2.20. The molecule has 14 heavy (non-hydrogen) atoms. The molecule has 0 saturated heterocycles. The Bertz CT molecular complexity index is 339. The lowest BCUT2D eigenvalue weighted by Gasteiger charge is -2.17. The molecule has 1 aromatic carbocycles. The summed E-state index contributed by atoms with van der Waals surface area (Å²) >= 11 is 3.00. The third kappa shape index (κ3) is 2.12. The van der Waals surface area contributed by atoms with Crippen LogP contribution >= 0.6 is 15.9 Å². The van der Waals surface area contributed by atoms with Gasteiger partial charge in [0.1, 0.15) is 11.6 Å². The van der Waals surface area contributed by atoms with E-state index < -0.39 is 17.7 Å². The van der Waals surface area contributed by atoms with E-state index in [1.165, 1.54) is 12.1 Å². The Morgan fingerprint density at radius 3 is 2.36 bits per heavy atom. The Labute approximate surface area is 90.4 Å². The first-order valence-electron chi connectivity index (χ1n) is 4.34. The van der Waals surface area contributed by atoms with Gasteiger partial charge in [-0.2, -0.15) is 0 Å². The largest absolute Gasteiger partial charge is 0.324 e. The van der Waals surface area contributed by atoms with Crippen LogP contribution in [0.2, 0.25) is 0 Å². The molecule has 1 rings (SSSR count). The average molecular weight is 264 g/mol. The van der Waals surface area contributed by atoms with Crippen LogP contribution in [0.25, 0.3) is 0 Å². The van der Waals surface area contributed by atoms with Crippen LogP contribution in [0.3, 0.4) is 0 Å². The minimum atomic E-state index is -0.618. The zero-order valence-corrected chi connectivity index (χ0v) is 9.61. The molecule has 0 aliphatic rings. The highest BCUT2D eigenvalue weighted by Crippen LogP contribution is 2.28. The minimum absolute atomic E-state index is 0.00620. The Morgan fingerprint density at radius 2 is 1.86 bits per heavy atom. The van der Waals surface area contributed by atoms with E-state index in [0.717, 1.165) is 0 Å². The fourth-order valence-corrected chi connectivity index (χ4v) is 1.53. The highest BCUT2D eigenvalue weighted by molar-refractivity contribution is 9.10. The zero-order valence-electron chi connectivity index (χ0n) is 8.02. The third-order valence-electron chi connectivity index (χ3n) is 2.13. The van der Waals surface area contributed by atoms with Gasteiger partial charge in [0, 0.05) is 11.6 Å². The maximum Gasteiger partial charge on any atom is 0.145 e. The van der Waals surface area contributed by atoms with Crippen molar-refractivity contribution in [3.05, 3.63) is 33.8 Å². The van der Waals surface area contributed by atoms with Gasteiger partial charge in [-0.25, -0.2) is 8.78 Å². The van der Waals surface area contributed by atoms with Crippen molar-refractivity contribution < 1.29 is 8.78 Å². The number of nitrogens with two attached hydrogens (primary N) is 1. The normalized spacial score (nSPS) is 13.4. The fraction of sp³-hybridized carbons (Fsp3) is 0.400. The Kier molecular flexibility index (Phi) is 3.61. The lowest BCUT2D eigenvalue weighted by atomic mass is 9.96. The van der Waals surface area contributed by atoms with Crippen molar-refractivity contribution in [1.29, 1.82) is 0 Å². The molecule has 1 nitrogen and oxygen atoms in total. The van der Waals surface area contributed by atoms with E-state index in [4.69, 9.17) is 5.73 Å². The fourth-order valence-electron chi connectivity index (χ4n) is 1.18. The molecule has 0 aliphatic heterocycles. The number of hydrogen-bond acceptors (Lipinski definition) is 1. The van der Waals surface area contributed by atoms with Crippen LogP contribution in [-0.4, -0.2) is 0 Å². The molecule has 0 aliphatic carbocycles. The SMILES string of the molecule is CC(C)C(N)c1c(F)ccc(Br)c1F. The van der Waals surface area contributed by atoms with Crippen LogP contribution in [0.1, 0.15) is 25.5 Å². The lowest BCUT2D eigenvalue weighted by molar-refractivity contribution is 0.453. The minimum Gasteiger partial charge on any atom is -0.324 e. The number of benzene rings is 1. The van der Waals surface area contributed by atoms with Gasteiger partial charge in [-0.15, -0.1) is 0 Å². The van der Waals surface area contributed by atoms with Gasteiger partial charge in [0.05, 0.1) is 4.47 Å². The first-order chi connectivity index (χ1) is 6.45. The zero-order chi connectivity index (χ0) is 10.9. The highest BCUT2D eigenvalue weighted by atomic mass is 79.9. The number of halogens is 3. The van der Waals surface area contributed by atoms with Gasteiger partial charge < -0.3 is 5.73 Å². The summed E-state index contributed by atoms with van der Waals surface area (Å²) in [6.07, 6.45) is 0. The van der Waals surface area contributed by atoms with Crippen molar-refractivity contribution in [2.45, 2.75) is 19.9 Å². The summed E-state index contributed by atoms with van der Waals surface area (Å²) in [5, 5.41) is 0. The van der Waals surface area contributed by atoms with E-state index >= 15 is 0 Å². The quantitative estimate of drug-likeness (QED) is 0.814.